The van der Waals surface area contributed by atoms with Crippen molar-refractivity contribution in [3.05, 3.63) is 65.3 Å². The first-order valence-corrected chi connectivity index (χ1v) is 13.5. The van der Waals surface area contributed by atoms with Crippen molar-refractivity contribution in [1.82, 2.24) is 19.3 Å². The lowest BCUT2D eigenvalue weighted by Gasteiger charge is -2.43. The van der Waals surface area contributed by atoms with E-state index in [4.69, 9.17) is 21.1 Å². The molecule has 202 valence electrons. The average Bonchev–Trinajstić information content (AvgIpc) is 3.32. The van der Waals surface area contributed by atoms with Crippen molar-refractivity contribution >= 4 is 34.3 Å². The Morgan fingerprint density at radius 2 is 1.79 bits per heavy atom. The van der Waals surface area contributed by atoms with Crippen molar-refractivity contribution < 1.29 is 19.1 Å². The van der Waals surface area contributed by atoms with E-state index in [0.717, 1.165) is 29.6 Å². The van der Waals surface area contributed by atoms with Gasteiger partial charge in [0.05, 0.1) is 19.6 Å². The van der Waals surface area contributed by atoms with E-state index in [1.165, 1.54) is 0 Å². The van der Waals surface area contributed by atoms with Gasteiger partial charge in [-0.1, -0.05) is 29.8 Å². The second kappa shape index (κ2) is 11.4. The molecule has 0 N–H and O–H groups in total. The molecule has 0 bridgehead atoms. The second-order valence-corrected chi connectivity index (χ2v) is 10.8. The zero-order valence-corrected chi connectivity index (χ0v) is 22.8. The Hall–Kier alpha value is -3.07. The fraction of sp³-hybridized carbons (Fsp3) is 0.448. The van der Waals surface area contributed by atoms with E-state index in [0.29, 0.717) is 37.0 Å². The molecule has 5 rings (SSSR count). The van der Waals surface area contributed by atoms with Gasteiger partial charge in [0.1, 0.15) is 24.5 Å². The number of fused-ring (bicyclic) bond motifs is 1. The number of para-hydroxylation sites is 1. The Kier molecular flexibility index (Phi) is 7.93. The number of amides is 2. The summed E-state index contributed by atoms with van der Waals surface area (Å²) in [4.78, 5) is 32.8. The molecule has 3 aromatic rings. The average molecular weight is 539 g/mol. The molecule has 9 heteroatoms. The minimum atomic E-state index is -0.944. The number of likely N-dealkylation sites (N-methyl/N-ethyl adjacent to an activating group) is 1. The summed E-state index contributed by atoms with van der Waals surface area (Å²) in [6, 6.07) is 15.5. The van der Waals surface area contributed by atoms with Crippen LogP contribution in [0.5, 0.6) is 5.75 Å². The summed E-state index contributed by atoms with van der Waals surface area (Å²) in [5, 5.41) is 1.77. The van der Waals surface area contributed by atoms with Gasteiger partial charge in [-0.25, -0.2) is 0 Å². The number of ether oxygens (including phenoxy) is 2. The molecule has 2 fully saturated rings. The van der Waals surface area contributed by atoms with Gasteiger partial charge in [-0.15, -0.1) is 0 Å². The maximum atomic E-state index is 13.5. The second-order valence-electron chi connectivity index (χ2n) is 10.4. The van der Waals surface area contributed by atoms with Crippen LogP contribution in [-0.4, -0.2) is 96.2 Å². The number of halogens is 1. The van der Waals surface area contributed by atoms with Gasteiger partial charge in [0.2, 0.25) is 11.8 Å². The molecule has 2 aromatic carbocycles. The number of nitrogens with zero attached hydrogens (tertiary/aromatic N) is 4. The molecule has 2 saturated heterocycles. The molecule has 2 aliphatic heterocycles. The lowest BCUT2D eigenvalue weighted by Crippen LogP contribution is -2.59. The van der Waals surface area contributed by atoms with Crippen LogP contribution in [0.1, 0.15) is 12.0 Å². The maximum Gasteiger partial charge on any atom is 0.242 e. The smallest absolute Gasteiger partial charge is 0.242 e. The number of carbonyl (C=O) groups is 2. The van der Waals surface area contributed by atoms with Crippen LogP contribution in [-0.2, 0) is 20.9 Å². The molecule has 0 saturated carbocycles. The molecule has 0 spiro atoms. The van der Waals surface area contributed by atoms with Crippen LogP contribution in [0, 0.1) is 6.92 Å². The van der Waals surface area contributed by atoms with Crippen LogP contribution in [0.2, 0.25) is 5.02 Å². The van der Waals surface area contributed by atoms with Gasteiger partial charge < -0.3 is 28.7 Å². The number of aromatic nitrogens is 1. The number of carbonyl (C=O) groups excluding carboxylic acids is 2. The van der Waals surface area contributed by atoms with Gasteiger partial charge in [0.15, 0.2) is 0 Å². The van der Waals surface area contributed by atoms with Crippen LogP contribution in [0.25, 0.3) is 10.9 Å². The quantitative estimate of drug-likeness (QED) is 0.461. The summed E-state index contributed by atoms with van der Waals surface area (Å²) in [6.07, 6.45) is 2.10. The molecule has 3 heterocycles. The van der Waals surface area contributed by atoms with Crippen molar-refractivity contribution in [3.63, 3.8) is 0 Å². The minimum Gasteiger partial charge on any atom is -0.490 e. The molecule has 2 aliphatic rings. The monoisotopic (exact) mass is 538 g/mol. The van der Waals surface area contributed by atoms with Crippen molar-refractivity contribution in [2.24, 2.45) is 0 Å². The Morgan fingerprint density at radius 3 is 2.58 bits per heavy atom. The highest BCUT2D eigenvalue weighted by atomic mass is 35.5. The SMILES string of the molecule is Cc1cc(OC[C@@]2(CC(=O)N3CCN(C)CC3)CN(C(=O)Cn3ccc4ccccc43)CCO2)ccc1Cl. The summed E-state index contributed by atoms with van der Waals surface area (Å²) in [7, 11) is 2.06. The Bertz CT molecular complexity index is 1300. The first-order chi connectivity index (χ1) is 18.3. The van der Waals surface area contributed by atoms with Gasteiger partial charge in [0, 0.05) is 49.5 Å². The summed E-state index contributed by atoms with van der Waals surface area (Å²) in [5.41, 5.74) is 0.986. The Labute approximate surface area is 228 Å². The van der Waals surface area contributed by atoms with Crippen LogP contribution in [0.15, 0.2) is 54.7 Å². The van der Waals surface area contributed by atoms with Gasteiger partial charge in [-0.3, -0.25) is 9.59 Å². The Morgan fingerprint density at radius 1 is 1.00 bits per heavy atom. The zero-order valence-electron chi connectivity index (χ0n) is 22.1. The van der Waals surface area contributed by atoms with Gasteiger partial charge >= 0.3 is 0 Å². The van der Waals surface area contributed by atoms with Crippen molar-refractivity contribution in [2.75, 3.05) is 59.5 Å². The number of aryl methyl sites for hydroxylation is 1. The molecule has 1 aromatic heterocycles. The van der Waals surface area contributed by atoms with E-state index in [2.05, 4.69) is 11.9 Å². The zero-order chi connectivity index (χ0) is 26.7. The predicted molar refractivity (Wildman–Crippen MR) is 148 cm³/mol. The van der Waals surface area contributed by atoms with E-state index in [1.54, 1.807) is 6.07 Å². The van der Waals surface area contributed by atoms with Gasteiger partial charge in [-0.05, 0) is 55.3 Å². The van der Waals surface area contributed by atoms with E-state index in [1.807, 2.05) is 70.0 Å². The first-order valence-electron chi connectivity index (χ1n) is 13.1. The number of morpholine rings is 1. The maximum absolute atomic E-state index is 13.5. The molecule has 0 radical (unpaired) electrons. The van der Waals surface area contributed by atoms with Crippen LogP contribution < -0.4 is 4.74 Å². The highest BCUT2D eigenvalue weighted by Crippen LogP contribution is 2.28. The molecule has 0 unspecified atom stereocenters. The number of hydrogen-bond acceptors (Lipinski definition) is 5. The lowest BCUT2D eigenvalue weighted by atomic mass is 9.96. The lowest BCUT2D eigenvalue weighted by molar-refractivity contribution is -0.166. The normalized spacial score (nSPS) is 20.6. The summed E-state index contributed by atoms with van der Waals surface area (Å²) >= 11 is 6.19. The third-order valence-electron chi connectivity index (χ3n) is 7.55. The minimum absolute atomic E-state index is 0.00610. The third-order valence-corrected chi connectivity index (χ3v) is 7.97. The van der Waals surface area contributed by atoms with E-state index < -0.39 is 5.60 Å². The topological polar surface area (TPSA) is 67.2 Å². The largest absolute Gasteiger partial charge is 0.490 e. The highest BCUT2D eigenvalue weighted by Gasteiger charge is 2.42. The third kappa shape index (κ3) is 5.98. The van der Waals surface area contributed by atoms with E-state index in [-0.39, 0.29) is 37.9 Å². The number of rotatable bonds is 7. The molecule has 8 nitrogen and oxygen atoms in total. The van der Waals surface area contributed by atoms with Gasteiger partial charge in [0.25, 0.3) is 0 Å². The number of benzene rings is 2. The summed E-state index contributed by atoms with van der Waals surface area (Å²) in [5.74, 6) is 0.678. The fourth-order valence-corrected chi connectivity index (χ4v) is 5.31. The molecule has 1 atom stereocenters. The molecule has 2 amide bonds. The van der Waals surface area contributed by atoms with E-state index >= 15 is 0 Å². The Balaban J connectivity index is 1.33. The van der Waals surface area contributed by atoms with Crippen molar-refractivity contribution in [1.29, 1.82) is 0 Å². The van der Waals surface area contributed by atoms with E-state index in [9.17, 15) is 9.59 Å². The van der Waals surface area contributed by atoms with Crippen LogP contribution in [0.4, 0.5) is 0 Å². The highest BCUT2D eigenvalue weighted by molar-refractivity contribution is 6.31. The van der Waals surface area contributed by atoms with Crippen LogP contribution in [0.3, 0.4) is 0 Å². The summed E-state index contributed by atoms with van der Waals surface area (Å²) in [6.45, 7) is 6.47. The molecule has 38 heavy (non-hydrogen) atoms. The number of piperazine rings is 1. The molecular formula is C29H35ClN4O4. The van der Waals surface area contributed by atoms with Gasteiger partial charge in [-0.2, -0.15) is 0 Å². The number of hydrogen-bond donors (Lipinski definition) is 0. The summed E-state index contributed by atoms with van der Waals surface area (Å²) < 4.78 is 14.4. The molecule has 0 aliphatic carbocycles. The predicted octanol–water partition coefficient (Wildman–Crippen LogP) is 3.44. The van der Waals surface area contributed by atoms with Crippen molar-refractivity contribution in [3.8, 4) is 5.75 Å². The molecular weight excluding hydrogens is 504 g/mol. The van der Waals surface area contributed by atoms with Crippen molar-refractivity contribution in [2.45, 2.75) is 25.5 Å². The first kappa shape index (κ1) is 26.5. The van der Waals surface area contributed by atoms with Crippen LogP contribution >= 0.6 is 11.6 Å². The standard InChI is InChI=1S/C29H35ClN4O4/c1-22-17-24(7-8-25(22)30)37-21-29(18-27(35)32-13-11-31(2)12-14-32)20-34(15-16-38-29)28(36)19-33-10-9-23-5-3-4-6-26(23)33/h3-10,17H,11-16,18-21H2,1-2H3/t29-/m1/s1. The fourth-order valence-electron chi connectivity index (χ4n) is 5.19.